The van der Waals surface area contributed by atoms with E-state index in [1.807, 2.05) is 6.20 Å². The van der Waals surface area contributed by atoms with Crippen LogP contribution in [0.1, 0.15) is 0 Å². The van der Waals surface area contributed by atoms with E-state index in [0.29, 0.717) is 6.04 Å². The van der Waals surface area contributed by atoms with E-state index in [2.05, 4.69) is 20.8 Å². The van der Waals surface area contributed by atoms with Gasteiger partial charge in [0.1, 0.15) is 0 Å². The summed E-state index contributed by atoms with van der Waals surface area (Å²) in [5.74, 6) is 0. The first kappa shape index (κ1) is 5.73. The molecular formula is C6H10N4. The minimum Gasteiger partial charge on any atom is -0.377 e. The molecule has 54 valence electrons. The third-order valence-corrected chi connectivity index (χ3v) is 1.65. The quantitative estimate of drug-likeness (QED) is 0.530. The van der Waals surface area contributed by atoms with Gasteiger partial charge >= 0.3 is 0 Å². The standard InChI is InChI=1S/C6H10N4/c1-5(2-7-1)10-6-3-8-9-4-6/h3-5,7,10H,1-2H2,(H,8,9). The van der Waals surface area contributed by atoms with E-state index < -0.39 is 0 Å². The van der Waals surface area contributed by atoms with E-state index in [9.17, 15) is 0 Å². The Morgan fingerprint density at radius 3 is 3.00 bits per heavy atom. The Bertz CT molecular complexity index is 190. The number of aromatic amines is 1. The second-order valence-electron chi connectivity index (χ2n) is 2.49. The first-order valence-electron chi connectivity index (χ1n) is 3.41. The molecule has 0 unspecified atom stereocenters. The molecule has 4 heteroatoms. The highest BCUT2D eigenvalue weighted by Crippen LogP contribution is 2.05. The molecule has 1 fully saturated rings. The van der Waals surface area contributed by atoms with Crippen molar-refractivity contribution in [2.24, 2.45) is 0 Å². The van der Waals surface area contributed by atoms with Gasteiger partial charge in [0, 0.05) is 19.3 Å². The molecule has 0 saturated carbocycles. The van der Waals surface area contributed by atoms with Crippen molar-refractivity contribution in [3.05, 3.63) is 12.4 Å². The zero-order valence-electron chi connectivity index (χ0n) is 5.59. The molecule has 2 rings (SSSR count). The van der Waals surface area contributed by atoms with Gasteiger partial charge in [-0.2, -0.15) is 5.10 Å². The molecule has 0 radical (unpaired) electrons. The van der Waals surface area contributed by atoms with E-state index >= 15 is 0 Å². The summed E-state index contributed by atoms with van der Waals surface area (Å²) in [6.45, 7) is 2.12. The van der Waals surface area contributed by atoms with E-state index in [1.165, 1.54) is 0 Å². The molecular weight excluding hydrogens is 128 g/mol. The van der Waals surface area contributed by atoms with Gasteiger partial charge in [0.25, 0.3) is 0 Å². The predicted octanol–water partition coefficient (Wildman–Crippen LogP) is -0.207. The number of hydrogen-bond donors (Lipinski definition) is 3. The summed E-state index contributed by atoms with van der Waals surface area (Å²) >= 11 is 0. The fourth-order valence-electron chi connectivity index (χ4n) is 0.956. The maximum Gasteiger partial charge on any atom is 0.0726 e. The van der Waals surface area contributed by atoms with E-state index in [0.717, 1.165) is 18.8 Å². The summed E-state index contributed by atoms with van der Waals surface area (Å²) in [4.78, 5) is 0. The first-order valence-corrected chi connectivity index (χ1v) is 3.41. The summed E-state index contributed by atoms with van der Waals surface area (Å²) in [6, 6.07) is 0.595. The van der Waals surface area contributed by atoms with Crippen LogP contribution in [0.3, 0.4) is 0 Å². The lowest BCUT2D eigenvalue weighted by Crippen LogP contribution is -2.51. The largest absolute Gasteiger partial charge is 0.377 e. The number of aromatic nitrogens is 2. The van der Waals surface area contributed by atoms with Crippen molar-refractivity contribution in [1.29, 1.82) is 0 Å². The van der Waals surface area contributed by atoms with Crippen LogP contribution in [0.5, 0.6) is 0 Å². The smallest absolute Gasteiger partial charge is 0.0726 e. The van der Waals surface area contributed by atoms with Crippen LogP contribution in [0, 0.1) is 0 Å². The molecule has 1 aromatic heterocycles. The fraction of sp³-hybridized carbons (Fsp3) is 0.500. The lowest BCUT2D eigenvalue weighted by molar-refractivity contribution is 0.472. The SMILES string of the molecule is c1n[nH]cc1NC1CNC1. The summed E-state index contributed by atoms with van der Waals surface area (Å²) < 4.78 is 0. The van der Waals surface area contributed by atoms with Crippen molar-refractivity contribution in [3.8, 4) is 0 Å². The highest BCUT2D eigenvalue weighted by Gasteiger charge is 2.15. The molecule has 1 saturated heterocycles. The fourth-order valence-corrected chi connectivity index (χ4v) is 0.956. The maximum atomic E-state index is 3.83. The molecule has 0 aromatic carbocycles. The van der Waals surface area contributed by atoms with E-state index in [4.69, 9.17) is 0 Å². The van der Waals surface area contributed by atoms with Crippen molar-refractivity contribution >= 4 is 5.69 Å². The van der Waals surface area contributed by atoms with Gasteiger partial charge in [-0.05, 0) is 0 Å². The number of H-pyrrole nitrogens is 1. The van der Waals surface area contributed by atoms with Crippen LogP contribution >= 0.6 is 0 Å². The van der Waals surface area contributed by atoms with Gasteiger partial charge in [-0.15, -0.1) is 0 Å². The van der Waals surface area contributed by atoms with Crippen molar-refractivity contribution in [2.45, 2.75) is 6.04 Å². The van der Waals surface area contributed by atoms with Gasteiger partial charge in [0.05, 0.1) is 17.9 Å². The molecule has 1 aromatic rings. The van der Waals surface area contributed by atoms with Crippen LogP contribution in [0.4, 0.5) is 5.69 Å². The van der Waals surface area contributed by atoms with Gasteiger partial charge in [-0.1, -0.05) is 0 Å². The summed E-state index contributed by atoms with van der Waals surface area (Å²) in [7, 11) is 0. The van der Waals surface area contributed by atoms with Crippen LogP contribution in [0.25, 0.3) is 0 Å². The molecule has 2 heterocycles. The maximum absolute atomic E-state index is 3.83. The highest BCUT2D eigenvalue weighted by atomic mass is 15.1. The zero-order valence-corrected chi connectivity index (χ0v) is 5.59. The Labute approximate surface area is 59.0 Å². The van der Waals surface area contributed by atoms with Crippen LogP contribution in [-0.4, -0.2) is 29.3 Å². The first-order chi connectivity index (χ1) is 4.95. The number of anilines is 1. The van der Waals surface area contributed by atoms with Crippen LogP contribution in [0.2, 0.25) is 0 Å². The second kappa shape index (κ2) is 2.30. The third-order valence-electron chi connectivity index (χ3n) is 1.65. The summed E-state index contributed by atoms with van der Waals surface area (Å²) in [5, 5.41) is 13.1. The molecule has 0 spiro atoms. The number of nitrogens with zero attached hydrogens (tertiary/aromatic N) is 1. The average molecular weight is 138 g/mol. The summed E-state index contributed by atoms with van der Waals surface area (Å²) in [6.07, 6.45) is 3.65. The Morgan fingerprint density at radius 1 is 1.60 bits per heavy atom. The average Bonchev–Trinajstić information content (AvgIpc) is 2.29. The Hall–Kier alpha value is -1.03. The molecule has 4 nitrogen and oxygen atoms in total. The predicted molar refractivity (Wildman–Crippen MR) is 38.9 cm³/mol. The van der Waals surface area contributed by atoms with Gasteiger partial charge in [0.2, 0.25) is 0 Å². The van der Waals surface area contributed by atoms with Gasteiger partial charge < -0.3 is 10.6 Å². The lowest BCUT2D eigenvalue weighted by atomic mass is 10.2. The van der Waals surface area contributed by atoms with Crippen LogP contribution in [-0.2, 0) is 0 Å². The Kier molecular flexibility index (Phi) is 1.32. The molecule has 10 heavy (non-hydrogen) atoms. The molecule has 1 aliphatic heterocycles. The van der Waals surface area contributed by atoms with E-state index in [-0.39, 0.29) is 0 Å². The second-order valence-corrected chi connectivity index (χ2v) is 2.49. The molecule has 0 atom stereocenters. The monoisotopic (exact) mass is 138 g/mol. The van der Waals surface area contributed by atoms with Crippen molar-refractivity contribution in [1.82, 2.24) is 15.5 Å². The minimum atomic E-state index is 0.595. The highest BCUT2D eigenvalue weighted by molar-refractivity contribution is 5.39. The van der Waals surface area contributed by atoms with Crippen molar-refractivity contribution in [3.63, 3.8) is 0 Å². The number of nitrogens with one attached hydrogen (secondary N) is 3. The number of hydrogen-bond acceptors (Lipinski definition) is 3. The van der Waals surface area contributed by atoms with Crippen LogP contribution < -0.4 is 10.6 Å². The summed E-state index contributed by atoms with van der Waals surface area (Å²) in [5.41, 5.74) is 1.08. The van der Waals surface area contributed by atoms with E-state index in [1.54, 1.807) is 6.20 Å². The zero-order chi connectivity index (χ0) is 6.81. The Morgan fingerprint density at radius 2 is 2.50 bits per heavy atom. The Balaban J connectivity index is 1.90. The van der Waals surface area contributed by atoms with Crippen molar-refractivity contribution in [2.75, 3.05) is 18.4 Å². The van der Waals surface area contributed by atoms with Gasteiger partial charge in [0.15, 0.2) is 0 Å². The van der Waals surface area contributed by atoms with Crippen LogP contribution in [0.15, 0.2) is 12.4 Å². The van der Waals surface area contributed by atoms with Gasteiger partial charge in [-0.3, -0.25) is 5.10 Å². The molecule has 0 aliphatic carbocycles. The number of rotatable bonds is 2. The third kappa shape index (κ3) is 0.974. The molecule has 3 N–H and O–H groups in total. The minimum absolute atomic E-state index is 0.595. The van der Waals surface area contributed by atoms with Crippen molar-refractivity contribution < 1.29 is 0 Å². The topological polar surface area (TPSA) is 52.7 Å². The molecule has 0 bridgehead atoms. The molecule has 1 aliphatic rings. The normalized spacial score (nSPS) is 18.4. The van der Waals surface area contributed by atoms with Gasteiger partial charge in [-0.25, -0.2) is 0 Å². The lowest BCUT2D eigenvalue weighted by Gasteiger charge is -2.28. The molecule has 0 amide bonds.